The summed E-state index contributed by atoms with van der Waals surface area (Å²) in [5.74, 6) is 1.32. The van der Waals surface area contributed by atoms with Crippen LogP contribution >= 0.6 is 0 Å². The molecule has 78 valence electrons. The molecule has 0 aliphatic rings. The van der Waals surface area contributed by atoms with Gasteiger partial charge in [0.05, 0.1) is 0 Å². The number of hydrogen-bond acceptors (Lipinski definition) is 3. The summed E-state index contributed by atoms with van der Waals surface area (Å²) in [6.45, 7) is 10.5. The van der Waals surface area contributed by atoms with Gasteiger partial charge in [0.2, 0.25) is 5.95 Å². The van der Waals surface area contributed by atoms with E-state index < -0.39 is 0 Å². The van der Waals surface area contributed by atoms with Crippen molar-refractivity contribution in [2.24, 2.45) is 5.92 Å². The summed E-state index contributed by atoms with van der Waals surface area (Å²) in [4.78, 5) is 8.67. The van der Waals surface area contributed by atoms with Crippen molar-refractivity contribution >= 4 is 5.95 Å². The van der Waals surface area contributed by atoms with Gasteiger partial charge in [-0.15, -0.1) is 0 Å². The molecule has 0 saturated carbocycles. The number of rotatable bonds is 3. The Kier molecular flexibility index (Phi) is 3.44. The highest BCUT2D eigenvalue weighted by molar-refractivity contribution is 5.28. The Morgan fingerprint density at radius 1 is 1.07 bits per heavy atom. The van der Waals surface area contributed by atoms with Gasteiger partial charge in [-0.2, -0.15) is 0 Å². The summed E-state index contributed by atoms with van der Waals surface area (Å²) in [6, 6.07) is 2.38. The van der Waals surface area contributed by atoms with Gasteiger partial charge >= 0.3 is 0 Å². The summed E-state index contributed by atoms with van der Waals surface area (Å²) in [7, 11) is 0. The maximum Gasteiger partial charge on any atom is 0.223 e. The van der Waals surface area contributed by atoms with Gasteiger partial charge in [0.25, 0.3) is 0 Å². The van der Waals surface area contributed by atoms with Crippen LogP contribution in [0.2, 0.25) is 0 Å². The molecule has 0 aromatic carbocycles. The zero-order valence-corrected chi connectivity index (χ0v) is 9.63. The van der Waals surface area contributed by atoms with E-state index in [2.05, 4.69) is 36.1 Å². The maximum atomic E-state index is 4.33. The quantitative estimate of drug-likeness (QED) is 0.801. The molecule has 0 amide bonds. The van der Waals surface area contributed by atoms with Crippen LogP contribution < -0.4 is 5.32 Å². The molecule has 0 bridgehead atoms. The van der Waals surface area contributed by atoms with E-state index >= 15 is 0 Å². The van der Waals surface area contributed by atoms with Gasteiger partial charge in [0.1, 0.15) is 0 Å². The molecule has 0 aliphatic heterocycles. The summed E-state index contributed by atoms with van der Waals surface area (Å²) < 4.78 is 0. The maximum absolute atomic E-state index is 4.33. The fourth-order valence-corrected chi connectivity index (χ4v) is 1.16. The highest BCUT2D eigenvalue weighted by Gasteiger charge is 2.08. The minimum absolute atomic E-state index is 0.399. The van der Waals surface area contributed by atoms with E-state index in [4.69, 9.17) is 0 Å². The Bertz CT molecular complexity index is 287. The summed E-state index contributed by atoms with van der Waals surface area (Å²) >= 11 is 0. The van der Waals surface area contributed by atoms with E-state index in [9.17, 15) is 0 Å². The molecule has 1 unspecified atom stereocenters. The van der Waals surface area contributed by atoms with E-state index in [0.717, 1.165) is 17.3 Å². The molecule has 3 nitrogen and oxygen atoms in total. The molecule has 1 N–H and O–H groups in total. The summed E-state index contributed by atoms with van der Waals surface area (Å²) in [5, 5.41) is 3.30. The average Bonchev–Trinajstić information content (AvgIpc) is 2.01. The zero-order chi connectivity index (χ0) is 10.7. The molecule has 14 heavy (non-hydrogen) atoms. The predicted octanol–water partition coefficient (Wildman–Crippen LogP) is 2.55. The molecule has 3 heteroatoms. The monoisotopic (exact) mass is 193 g/mol. The highest BCUT2D eigenvalue weighted by Crippen LogP contribution is 2.09. The van der Waals surface area contributed by atoms with Crippen LogP contribution in [-0.2, 0) is 0 Å². The first-order chi connectivity index (χ1) is 6.49. The van der Waals surface area contributed by atoms with Gasteiger partial charge < -0.3 is 5.32 Å². The molecule has 0 radical (unpaired) electrons. The van der Waals surface area contributed by atoms with Crippen LogP contribution in [0.4, 0.5) is 5.95 Å². The first-order valence-electron chi connectivity index (χ1n) is 5.08. The van der Waals surface area contributed by atoms with Crippen molar-refractivity contribution in [2.75, 3.05) is 5.32 Å². The van der Waals surface area contributed by atoms with Gasteiger partial charge in [-0.3, -0.25) is 0 Å². The van der Waals surface area contributed by atoms with Crippen molar-refractivity contribution in [3.8, 4) is 0 Å². The number of aromatic nitrogens is 2. The van der Waals surface area contributed by atoms with Gasteiger partial charge in [-0.05, 0) is 32.8 Å². The minimum atomic E-state index is 0.399. The molecule has 0 fully saturated rings. The number of nitrogens with zero attached hydrogens (tertiary/aromatic N) is 2. The molecular weight excluding hydrogens is 174 g/mol. The second-order valence-corrected chi connectivity index (χ2v) is 4.15. The van der Waals surface area contributed by atoms with Crippen LogP contribution in [0.3, 0.4) is 0 Å². The SMILES string of the molecule is Cc1cc(C)nc(NC(C)C(C)C)n1. The van der Waals surface area contributed by atoms with Crippen LogP contribution in [0.15, 0.2) is 6.07 Å². The van der Waals surface area contributed by atoms with Gasteiger partial charge in [0, 0.05) is 17.4 Å². The summed E-state index contributed by atoms with van der Waals surface area (Å²) in [6.07, 6.45) is 0. The first kappa shape index (κ1) is 11.0. The lowest BCUT2D eigenvalue weighted by Crippen LogP contribution is -2.23. The largest absolute Gasteiger partial charge is 0.352 e. The number of hydrogen-bond donors (Lipinski definition) is 1. The lowest BCUT2D eigenvalue weighted by Gasteiger charge is -2.17. The number of anilines is 1. The van der Waals surface area contributed by atoms with Crippen molar-refractivity contribution in [1.29, 1.82) is 0 Å². The van der Waals surface area contributed by atoms with Crippen LogP contribution in [0.25, 0.3) is 0 Å². The van der Waals surface area contributed by atoms with E-state index in [1.807, 2.05) is 19.9 Å². The van der Waals surface area contributed by atoms with Crippen molar-refractivity contribution in [1.82, 2.24) is 9.97 Å². The molecule has 1 aromatic rings. The Morgan fingerprint density at radius 2 is 1.57 bits per heavy atom. The van der Waals surface area contributed by atoms with Crippen LogP contribution in [0.5, 0.6) is 0 Å². The third-order valence-corrected chi connectivity index (χ3v) is 2.34. The number of aryl methyl sites for hydroxylation is 2. The molecule has 1 rings (SSSR count). The standard InChI is InChI=1S/C11H19N3/c1-7(2)10(5)14-11-12-8(3)6-9(4)13-11/h6-7,10H,1-5H3,(H,12,13,14). The van der Waals surface area contributed by atoms with Crippen LogP contribution in [0, 0.1) is 19.8 Å². The highest BCUT2D eigenvalue weighted by atomic mass is 15.1. The normalized spacial score (nSPS) is 13.0. The van der Waals surface area contributed by atoms with E-state index in [0.29, 0.717) is 12.0 Å². The molecular formula is C11H19N3. The first-order valence-corrected chi connectivity index (χ1v) is 5.08. The second-order valence-electron chi connectivity index (χ2n) is 4.15. The van der Waals surface area contributed by atoms with Crippen molar-refractivity contribution in [3.05, 3.63) is 17.5 Å². The lowest BCUT2D eigenvalue weighted by atomic mass is 10.1. The topological polar surface area (TPSA) is 37.8 Å². The second kappa shape index (κ2) is 4.40. The summed E-state index contributed by atoms with van der Waals surface area (Å²) in [5.41, 5.74) is 2.02. The average molecular weight is 193 g/mol. The third-order valence-electron chi connectivity index (χ3n) is 2.34. The van der Waals surface area contributed by atoms with Crippen molar-refractivity contribution < 1.29 is 0 Å². The molecule has 1 atom stereocenters. The number of nitrogens with one attached hydrogen (secondary N) is 1. The molecule has 0 spiro atoms. The smallest absolute Gasteiger partial charge is 0.223 e. The fraction of sp³-hybridized carbons (Fsp3) is 0.636. The van der Waals surface area contributed by atoms with Gasteiger partial charge in [-0.1, -0.05) is 13.8 Å². The zero-order valence-electron chi connectivity index (χ0n) is 9.63. The Hall–Kier alpha value is -1.12. The Morgan fingerprint density at radius 3 is 2.00 bits per heavy atom. The van der Waals surface area contributed by atoms with E-state index in [-0.39, 0.29) is 0 Å². The van der Waals surface area contributed by atoms with Gasteiger partial charge in [0.15, 0.2) is 0 Å². The van der Waals surface area contributed by atoms with Crippen LogP contribution in [0.1, 0.15) is 32.2 Å². The Labute approximate surface area is 86.0 Å². The molecule has 0 aliphatic carbocycles. The predicted molar refractivity (Wildman–Crippen MR) is 59.4 cm³/mol. The van der Waals surface area contributed by atoms with E-state index in [1.54, 1.807) is 0 Å². The lowest BCUT2D eigenvalue weighted by molar-refractivity contribution is 0.556. The Balaban J connectivity index is 2.76. The molecule has 1 heterocycles. The molecule has 1 aromatic heterocycles. The fourth-order valence-electron chi connectivity index (χ4n) is 1.16. The van der Waals surface area contributed by atoms with Crippen LogP contribution in [-0.4, -0.2) is 16.0 Å². The van der Waals surface area contributed by atoms with Gasteiger partial charge in [-0.25, -0.2) is 9.97 Å². The van der Waals surface area contributed by atoms with E-state index in [1.165, 1.54) is 0 Å². The molecule has 0 saturated heterocycles. The van der Waals surface area contributed by atoms with Crippen molar-refractivity contribution in [2.45, 2.75) is 40.7 Å². The van der Waals surface area contributed by atoms with Crippen molar-refractivity contribution in [3.63, 3.8) is 0 Å². The minimum Gasteiger partial charge on any atom is -0.352 e. The third kappa shape index (κ3) is 2.98.